The van der Waals surface area contributed by atoms with Crippen LogP contribution in [-0.2, 0) is 4.74 Å². The molecule has 1 heteroatoms. The standard InChI is InChI=1S/C14H24O/c1-3-4-5-6-7-8-9-10-11-12-13-14-15-2/h1,12-13H,4-11,14H2,2H3/b13-12+. The number of rotatable bonds is 10. The zero-order valence-corrected chi connectivity index (χ0v) is 10.0. The second-order valence-electron chi connectivity index (χ2n) is 3.79. The number of hydrogen-bond donors (Lipinski definition) is 0. The van der Waals surface area contributed by atoms with E-state index in [0.717, 1.165) is 13.0 Å². The summed E-state index contributed by atoms with van der Waals surface area (Å²) in [5.41, 5.74) is 0. The molecule has 0 bridgehead atoms. The van der Waals surface area contributed by atoms with Gasteiger partial charge in [-0.25, -0.2) is 0 Å². The van der Waals surface area contributed by atoms with Gasteiger partial charge in [0.1, 0.15) is 0 Å². The maximum absolute atomic E-state index is 5.18. The van der Waals surface area contributed by atoms with E-state index in [4.69, 9.17) is 11.2 Å². The van der Waals surface area contributed by atoms with Crippen molar-refractivity contribution in [2.45, 2.75) is 51.4 Å². The Bertz CT molecular complexity index is 176. The van der Waals surface area contributed by atoms with Crippen molar-refractivity contribution >= 4 is 0 Å². The van der Waals surface area contributed by atoms with E-state index in [1.807, 2.05) is 0 Å². The first-order valence-corrected chi connectivity index (χ1v) is 5.99. The van der Waals surface area contributed by atoms with Gasteiger partial charge < -0.3 is 4.74 Å². The van der Waals surface area contributed by atoms with E-state index >= 15 is 0 Å². The van der Waals surface area contributed by atoms with E-state index in [9.17, 15) is 0 Å². The minimum atomic E-state index is 0.742. The molecular formula is C14H24O. The Morgan fingerprint density at radius 2 is 1.67 bits per heavy atom. The lowest BCUT2D eigenvalue weighted by atomic mass is 10.1. The van der Waals surface area contributed by atoms with E-state index in [2.05, 4.69) is 18.1 Å². The van der Waals surface area contributed by atoms with E-state index in [-0.39, 0.29) is 0 Å². The van der Waals surface area contributed by atoms with Crippen LogP contribution >= 0.6 is 0 Å². The summed E-state index contributed by atoms with van der Waals surface area (Å²) in [6, 6.07) is 0. The second-order valence-corrected chi connectivity index (χ2v) is 3.79. The summed E-state index contributed by atoms with van der Waals surface area (Å²) < 4.78 is 4.92. The van der Waals surface area contributed by atoms with Crippen LogP contribution in [0.3, 0.4) is 0 Å². The molecule has 0 aliphatic heterocycles. The quantitative estimate of drug-likeness (QED) is 0.300. The molecule has 0 spiro atoms. The third kappa shape index (κ3) is 13.3. The number of hydrogen-bond acceptors (Lipinski definition) is 1. The molecule has 0 N–H and O–H groups in total. The van der Waals surface area contributed by atoms with Crippen LogP contribution in [0, 0.1) is 12.3 Å². The predicted octanol–water partition coefficient (Wildman–Crippen LogP) is 3.94. The Balaban J connectivity index is 2.96. The monoisotopic (exact) mass is 208 g/mol. The van der Waals surface area contributed by atoms with Crippen LogP contribution in [0.5, 0.6) is 0 Å². The van der Waals surface area contributed by atoms with Crippen LogP contribution < -0.4 is 0 Å². The number of unbranched alkanes of at least 4 members (excludes halogenated alkanes) is 7. The molecule has 1 nitrogen and oxygen atoms in total. The van der Waals surface area contributed by atoms with Gasteiger partial charge in [-0.05, 0) is 19.3 Å². The topological polar surface area (TPSA) is 9.23 Å². The van der Waals surface area contributed by atoms with Crippen molar-refractivity contribution in [3.05, 3.63) is 12.2 Å². The Labute approximate surface area is 94.9 Å². The molecule has 0 aliphatic rings. The fourth-order valence-corrected chi connectivity index (χ4v) is 1.48. The Morgan fingerprint density at radius 3 is 2.33 bits per heavy atom. The highest BCUT2D eigenvalue weighted by molar-refractivity contribution is 4.82. The Morgan fingerprint density at radius 1 is 1.00 bits per heavy atom. The molecule has 15 heavy (non-hydrogen) atoms. The lowest BCUT2D eigenvalue weighted by molar-refractivity contribution is 0.233. The highest BCUT2D eigenvalue weighted by Crippen LogP contribution is 2.08. The summed E-state index contributed by atoms with van der Waals surface area (Å²) in [7, 11) is 1.72. The maximum atomic E-state index is 5.18. The molecule has 0 saturated carbocycles. The van der Waals surface area contributed by atoms with Gasteiger partial charge in [0.25, 0.3) is 0 Å². The lowest BCUT2D eigenvalue weighted by Gasteiger charge is -1.98. The van der Waals surface area contributed by atoms with E-state index in [1.165, 1.54) is 44.9 Å². The molecule has 0 rings (SSSR count). The van der Waals surface area contributed by atoms with Crippen LogP contribution in [0.4, 0.5) is 0 Å². The zero-order chi connectivity index (χ0) is 11.2. The summed E-state index contributed by atoms with van der Waals surface area (Å²) in [5, 5.41) is 0. The number of ether oxygens (including phenoxy) is 1. The van der Waals surface area contributed by atoms with Crippen molar-refractivity contribution in [3.8, 4) is 12.3 Å². The van der Waals surface area contributed by atoms with Crippen molar-refractivity contribution in [1.82, 2.24) is 0 Å². The SMILES string of the molecule is C#CCCCCCCCC/C=C/COC. The van der Waals surface area contributed by atoms with Gasteiger partial charge in [0, 0.05) is 13.5 Å². The van der Waals surface area contributed by atoms with E-state index in [0.29, 0.717) is 0 Å². The highest BCUT2D eigenvalue weighted by Gasteiger charge is 1.89. The number of methoxy groups -OCH3 is 1. The van der Waals surface area contributed by atoms with Crippen LogP contribution in [0.15, 0.2) is 12.2 Å². The van der Waals surface area contributed by atoms with Gasteiger partial charge >= 0.3 is 0 Å². The van der Waals surface area contributed by atoms with Gasteiger partial charge in [-0.1, -0.05) is 37.8 Å². The largest absolute Gasteiger partial charge is 0.381 e. The summed E-state index contributed by atoms with van der Waals surface area (Å²) in [6.07, 6.45) is 19.4. The summed E-state index contributed by atoms with van der Waals surface area (Å²) in [6.45, 7) is 0.742. The van der Waals surface area contributed by atoms with Gasteiger partial charge in [-0.3, -0.25) is 0 Å². The molecule has 0 aromatic carbocycles. The van der Waals surface area contributed by atoms with Gasteiger partial charge in [-0.2, -0.15) is 0 Å². The molecule has 0 radical (unpaired) electrons. The molecule has 0 fully saturated rings. The summed E-state index contributed by atoms with van der Waals surface area (Å²) in [5.74, 6) is 2.68. The number of allylic oxidation sites excluding steroid dienone is 1. The lowest BCUT2D eigenvalue weighted by Crippen LogP contribution is -1.81. The van der Waals surface area contributed by atoms with Crippen molar-refractivity contribution < 1.29 is 4.74 Å². The summed E-state index contributed by atoms with van der Waals surface area (Å²) >= 11 is 0. The normalized spacial score (nSPS) is 10.7. The van der Waals surface area contributed by atoms with Crippen molar-refractivity contribution in [1.29, 1.82) is 0 Å². The first-order chi connectivity index (χ1) is 7.41. The Hall–Kier alpha value is -0.740. The van der Waals surface area contributed by atoms with E-state index in [1.54, 1.807) is 7.11 Å². The van der Waals surface area contributed by atoms with Crippen LogP contribution in [0.25, 0.3) is 0 Å². The average molecular weight is 208 g/mol. The molecule has 0 atom stereocenters. The van der Waals surface area contributed by atoms with Gasteiger partial charge in [0.2, 0.25) is 0 Å². The molecule has 0 saturated heterocycles. The first-order valence-electron chi connectivity index (χ1n) is 5.99. The maximum Gasteiger partial charge on any atom is 0.0643 e. The fraction of sp³-hybridized carbons (Fsp3) is 0.714. The zero-order valence-electron chi connectivity index (χ0n) is 10.0. The molecule has 86 valence electrons. The molecule has 0 aromatic rings. The molecule has 0 heterocycles. The third-order valence-electron chi connectivity index (χ3n) is 2.37. The molecule has 0 aliphatic carbocycles. The minimum Gasteiger partial charge on any atom is -0.381 e. The van der Waals surface area contributed by atoms with Crippen LogP contribution in [0.1, 0.15) is 51.4 Å². The molecule has 0 aromatic heterocycles. The highest BCUT2D eigenvalue weighted by atomic mass is 16.5. The van der Waals surface area contributed by atoms with Gasteiger partial charge in [-0.15, -0.1) is 12.3 Å². The Kier molecular flexibility index (Phi) is 12.6. The van der Waals surface area contributed by atoms with E-state index < -0.39 is 0 Å². The molecular weight excluding hydrogens is 184 g/mol. The molecule has 0 amide bonds. The first kappa shape index (κ1) is 14.3. The average Bonchev–Trinajstić information content (AvgIpc) is 2.26. The minimum absolute atomic E-state index is 0.742. The van der Waals surface area contributed by atoms with Crippen molar-refractivity contribution in [3.63, 3.8) is 0 Å². The van der Waals surface area contributed by atoms with Crippen molar-refractivity contribution in [2.75, 3.05) is 13.7 Å². The molecule has 0 unspecified atom stereocenters. The predicted molar refractivity (Wildman–Crippen MR) is 66.8 cm³/mol. The summed E-state index contributed by atoms with van der Waals surface area (Å²) in [4.78, 5) is 0. The van der Waals surface area contributed by atoms with Gasteiger partial charge in [0.15, 0.2) is 0 Å². The smallest absolute Gasteiger partial charge is 0.0643 e. The second kappa shape index (κ2) is 13.3. The van der Waals surface area contributed by atoms with Crippen molar-refractivity contribution in [2.24, 2.45) is 0 Å². The third-order valence-corrected chi connectivity index (χ3v) is 2.37. The fourth-order valence-electron chi connectivity index (χ4n) is 1.48. The number of terminal acetylenes is 1. The van der Waals surface area contributed by atoms with Gasteiger partial charge in [0.05, 0.1) is 6.61 Å². The van der Waals surface area contributed by atoms with Crippen LogP contribution in [0.2, 0.25) is 0 Å². The van der Waals surface area contributed by atoms with Crippen LogP contribution in [-0.4, -0.2) is 13.7 Å².